The summed E-state index contributed by atoms with van der Waals surface area (Å²) in [7, 11) is 0. The van der Waals surface area contributed by atoms with E-state index in [4.69, 9.17) is 0 Å². The zero-order valence-corrected chi connectivity index (χ0v) is 9.79. The summed E-state index contributed by atoms with van der Waals surface area (Å²) in [6, 6.07) is 9.79. The SMILES string of the molecule is Brc1cc(-n2cnc3ccccc32)ncn1. The molecule has 16 heavy (non-hydrogen) atoms. The molecule has 2 aromatic heterocycles. The number of aromatic nitrogens is 4. The van der Waals surface area contributed by atoms with E-state index in [1.807, 2.05) is 34.9 Å². The van der Waals surface area contributed by atoms with E-state index in [9.17, 15) is 0 Å². The summed E-state index contributed by atoms with van der Waals surface area (Å²) in [5.74, 6) is 0.801. The van der Waals surface area contributed by atoms with Crippen LogP contribution in [0.1, 0.15) is 0 Å². The van der Waals surface area contributed by atoms with Gasteiger partial charge in [0.2, 0.25) is 0 Å². The number of imidazole rings is 1. The summed E-state index contributed by atoms with van der Waals surface area (Å²) in [5.41, 5.74) is 1.99. The predicted molar refractivity (Wildman–Crippen MR) is 64.4 cm³/mol. The van der Waals surface area contributed by atoms with Crippen LogP contribution in [0.4, 0.5) is 0 Å². The number of nitrogens with zero attached hydrogens (tertiary/aromatic N) is 4. The normalized spacial score (nSPS) is 10.8. The van der Waals surface area contributed by atoms with E-state index in [1.54, 1.807) is 6.33 Å². The summed E-state index contributed by atoms with van der Waals surface area (Å²) < 4.78 is 2.69. The minimum Gasteiger partial charge on any atom is -0.283 e. The third-order valence-corrected chi connectivity index (χ3v) is 2.75. The number of fused-ring (bicyclic) bond motifs is 1. The van der Waals surface area contributed by atoms with Crippen molar-refractivity contribution in [3.63, 3.8) is 0 Å². The molecule has 0 radical (unpaired) electrons. The molecule has 0 saturated carbocycles. The molecule has 0 aliphatic rings. The molecule has 1 aromatic carbocycles. The molecule has 0 bridgehead atoms. The van der Waals surface area contributed by atoms with Gasteiger partial charge in [-0.25, -0.2) is 15.0 Å². The highest BCUT2D eigenvalue weighted by Crippen LogP contribution is 2.17. The van der Waals surface area contributed by atoms with E-state index in [0.717, 1.165) is 21.5 Å². The summed E-state index contributed by atoms with van der Waals surface area (Å²) in [4.78, 5) is 12.5. The van der Waals surface area contributed by atoms with Crippen LogP contribution in [0.15, 0.2) is 47.6 Å². The Morgan fingerprint density at radius 1 is 1.06 bits per heavy atom. The number of benzene rings is 1. The van der Waals surface area contributed by atoms with E-state index in [1.165, 1.54) is 6.33 Å². The van der Waals surface area contributed by atoms with Crippen LogP contribution in [0.2, 0.25) is 0 Å². The van der Waals surface area contributed by atoms with Crippen LogP contribution < -0.4 is 0 Å². The van der Waals surface area contributed by atoms with Gasteiger partial charge in [0.15, 0.2) is 0 Å². The van der Waals surface area contributed by atoms with Crippen LogP contribution >= 0.6 is 15.9 Å². The second kappa shape index (κ2) is 3.68. The number of rotatable bonds is 1. The second-order valence-corrected chi connectivity index (χ2v) is 4.11. The molecular weight excluding hydrogens is 268 g/mol. The molecule has 0 N–H and O–H groups in total. The summed E-state index contributed by atoms with van der Waals surface area (Å²) in [5, 5.41) is 0. The highest BCUT2D eigenvalue weighted by molar-refractivity contribution is 9.10. The standard InChI is InChI=1S/C11H7BrN4/c12-10-5-11(14-6-13-10)16-7-15-8-3-1-2-4-9(8)16/h1-7H. The van der Waals surface area contributed by atoms with Crippen molar-refractivity contribution in [1.29, 1.82) is 0 Å². The largest absolute Gasteiger partial charge is 0.283 e. The van der Waals surface area contributed by atoms with Gasteiger partial charge in [0, 0.05) is 6.07 Å². The van der Waals surface area contributed by atoms with Gasteiger partial charge in [-0.05, 0) is 28.1 Å². The molecule has 5 heteroatoms. The number of hydrogen-bond acceptors (Lipinski definition) is 3. The predicted octanol–water partition coefficient (Wildman–Crippen LogP) is 2.58. The van der Waals surface area contributed by atoms with Crippen LogP contribution in [0.3, 0.4) is 0 Å². The zero-order chi connectivity index (χ0) is 11.0. The van der Waals surface area contributed by atoms with Crippen LogP contribution in [0.5, 0.6) is 0 Å². The molecule has 3 rings (SSSR count). The quantitative estimate of drug-likeness (QED) is 0.641. The van der Waals surface area contributed by atoms with Crippen LogP contribution in [0.25, 0.3) is 16.9 Å². The molecule has 0 saturated heterocycles. The van der Waals surface area contributed by atoms with Crippen molar-refractivity contribution < 1.29 is 0 Å². The molecule has 78 valence electrons. The van der Waals surface area contributed by atoms with E-state index < -0.39 is 0 Å². The Labute approximate surface area is 100 Å². The van der Waals surface area contributed by atoms with Gasteiger partial charge in [-0.3, -0.25) is 4.57 Å². The second-order valence-electron chi connectivity index (χ2n) is 3.30. The summed E-state index contributed by atoms with van der Waals surface area (Å²) in [6.07, 6.45) is 3.29. The van der Waals surface area contributed by atoms with E-state index in [-0.39, 0.29) is 0 Å². The molecule has 0 amide bonds. The smallest absolute Gasteiger partial charge is 0.142 e. The van der Waals surface area contributed by atoms with Gasteiger partial charge in [0.05, 0.1) is 11.0 Å². The van der Waals surface area contributed by atoms with Crippen molar-refractivity contribution in [2.45, 2.75) is 0 Å². The Bertz CT molecular complexity index is 647. The van der Waals surface area contributed by atoms with Crippen LogP contribution in [0, 0.1) is 0 Å². The maximum atomic E-state index is 4.31. The molecule has 0 fully saturated rings. The molecule has 4 nitrogen and oxygen atoms in total. The number of halogens is 1. The van der Waals surface area contributed by atoms with Crippen molar-refractivity contribution in [2.75, 3.05) is 0 Å². The molecular formula is C11H7BrN4. The fraction of sp³-hybridized carbons (Fsp3) is 0. The van der Waals surface area contributed by atoms with Gasteiger partial charge >= 0.3 is 0 Å². The Balaban J connectivity index is 2.26. The molecule has 3 aromatic rings. The first-order valence-corrected chi connectivity index (χ1v) is 5.54. The van der Waals surface area contributed by atoms with Gasteiger partial charge in [0.25, 0.3) is 0 Å². The van der Waals surface area contributed by atoms with E-state index >= 15 is 0 Å². The lowest BCUT2D eigenvalue weighted by Gasteiger charge is -2.02. The van der Waals surface area contributed by atoms with Crippen LogP contribution in [-0.2, 0) is 0 Å². The van der Waals surface area contributed by atoms with Gasteiger partial charge in [-0.15, -0.1) is 0 Å². The van der Waals surface area contributed by atoms with Gasteiger partial charge in [-0.2, -0.15) is 0 Å². The van der Waals surface area contributed by atoms with Crippen LogP contribution in [-0.4, -0.2) is 19.5 Å². The van der Waals surface area contributed by atoms with Gasteiger partial charge in [-0.1, -0.05) is 12.1 Å². The summed E-state index contributed by atoms with van der Waals surface area (Å²) >= 11 is 3.33. The molecule has 0 spiro atoms. The Kier molecular flexibility index (Phi) is 2.18. The van der Waals surface area contributed by atoms with Crippen molar-refractivity contribution in [3.8, 4) is 5.82 Å². The Morgan fingerprint density at radius 2 is 1.94 bits per heavy atom. The molecule has 2 heterocycles. The first-order chi connectivity index (χ1) is 7.84. The minimum absolute atomic E-state index is 0.760. The molecule has 0 aliphatic carbocycles. The van der Waals surface area contributed by atoms with Crippen molar-refractivity contribution in [2.24, 2.45) is 0 Å². The number of hydrogen-bond donors (Lipinski definition) is 0. The minimum atomic E-state index is 0.760. The first kappa shape index (κ1) is 9.47. The van der Waals surface area contributed by atoms with E-state index in [2.05, 4.69) is 30.9 Å². The van der Waals surface area contributed by atoms with Gasteiger partial charge < -0.3 is 0 Å². The summed E-state index contributed by atoms with van der Waals surface area (Å²) in [6.45, 7) is 0. The Morgan fingerprint density at radius 3 is 2.81 bits per heavy atom. The van der Waals surface area contributed by atoms with Gasteiger partial charge in [0.1, 0.15) is 23.1 Å². The van der Waals surface area contributed by atoms with Crippen molar-refractivity contribution in [1.82, 2.24) is 19.5 Å². The third-order valence-electron chi connectivity index (χ3n) is 2.32. The fourth-order valence-corrected chi connectivity index (χ4v) is 1.89. The topological polar surface area (TPSA) is 43.6 Å². The monoisotopic (exact) mass is 274 g/mol. The Hall–Kier alpha value is -1.75. The van der Waals surface area contributed by atoms with E-state index in [0.29, 0.717) is 0 Å². The lowest BCUT2D eigenvalue weighted by Crippen LogP contribution is -1.96. The number of para-hydroxylation sites is 2. The average molecular weight is 275 g/mol. The highest BCUT2D eigenvalue weighted by atomic mass is 79.9. The third kappa shape index (κ3) is 1.49. The fourth-order valence-electron chi connectivity index (χ4n) is 1.60. The lowest BCUT2D eigenvalue weighted by molar-refractivity contribution is 0.986. The highest BCUT2D eigenvalue weighted by Gasteiger charge is 2.04. The molecule has 0 atom stereocenters. The maximum absolute atomic E-state index is 4.31. The lowest BCUT2D eigenvalue weighted by atomic mass is 10.3. The maximum Gasteiger partial charge on any atom is 0.142 e. The van der Waals surface area contributed by atoms with Crippen molar-refractivity contribution >= 4 is 27.0 Å². The van der Waals surface area contributed by atoms with Crippen molar-refractivity contribution in [3.05, 3.63) is 47.6 Å². The average Bonchev–Trinajstić information content (AvgIpc) is 2.72. The molecule has 0 aliphatic heterocycles. The molecule has 0 unspecified atom stereocenters. The first-order valence-electron chi connectivity index (χ1n) is 4.74. The zero-order valence-electron chi connectivity index (χ0n) is 8.21.